The number of carbonyl (C=O) groups is 1. The van der Waals surface area contributed by atoms with Gasteiger partial charge in [0.1, 0.15) is 0 Å². The normalized spacial score (nSPS) is 11.6. The Morgan fingerprint density at radius 3 is 2.29 bits per heavy atom. The van der Waals surface area contributed by atoms with Gasteiger partial charge in [0.2, 0.25) is 0 Å². The average molecular weight is 238 g/mol. The summed E-state index contributed by atoms with van der Waals surface area (Å²) in [5, 5.41) is 8.86. The van der Waals surface area contributed by atoms with Gasteiger partial charge in [0.05, 0.1) is 6.42 Å². The van der Waals surface area contributed by atoms with Gasteiger partial charge in [-0.05, 0) is 34.6 Å². The van der Waals surface area contributed by atoms with Gasteiger partial charge in [0, 0.05) is 22.5 Å². The van der Waals surface area contributed by atoms with Crippen LogP contribution in [0.2, 0.25) is 0 Å². The predicted octanol–water partition coefficient (Wildman–Crippen LogP) is 1.24. The summed E-state index contributed by atoms with van der Waals surface area (Å²) in [6.45, 7) is 9.11. The quantitative estimate of drug-likeness (QED) is 0.841. The second kappa shape index (κ2) is 4.31. The van der Waals surface area contributed by atoms with Gasteiger partial charge in [0.25, 0.3) is 0 Å². The van der Waals surface area contributed by atoms with Crippen LogP contribution in [0.3, 0.4) is 0 Å². The minimum absolute atomic E-state index is 0.110. The lowest BCUT2D eigenvalue weighted by atomic mass is 10.0. The molecule has 1 aromatic rings. The molecule has 0 aliphatic rings. The zero-order chi connectivity index (χ0) is 13.4. The zero-order valence-corrected chi connectivity index (χ0v) is 10.9. The lowest BCUT2D eigenvalue weighted by Crippen LogP contribution is -2.38. The van der Waals surface area contributed by atoms with E-state index in [0.717, 1.165) is 0 Å². The molecule has 0 fully saturated rings. The maximum absolute atomic E-state index is 11.8. The third-order valence-electron chi connectivity index (χ3n) is 2.66. The zero-order valence-electron chi connectivity index (χ0n) is 10.9. The van der Waals surface area contributed by atoms with Crippen LogP contribution in [0.25, 0.3) is 0 Å². The van der Waals surface area contributed by atoms with Crippen molar-refractivity contribution in [2.24, 2.45) is 0 Å². The first-order valence-corrected chi connectivity index (χ1v) is 5.46. The van der Waals surface area contributed by atoms with Gasteiger partial charge in [-0.25, -0.2) is 4.79 Å². The molecule has 1 aromatic heterocycles. The molecule has 5 nitrogen and oxygen atoms in total. The van der Waals surface area contributed by atoms with Crippen LogP contribution in [-0.4, -0.2) is 20.6 Å². The summed E-state index contributed by atoms with van der Waals surface area (Å²) >= 11 is 0. The summed E-state index contributed by atoms with van der Waals surface area (Å²) in [6, 6.07) is 0. The second-order valence-corrected chi connectivity index (χ2v) is 5.12. The first-order valence-electron chi connectivity index (χ1n) is 5.46. The standard InChI is InChI=1S/C12H18N2O3/c1-7-9(6-10(15)16)8(2)14(11(17)13-7)12(3,4)5/h6H2,1-5H3,(H,15,16). The Bertz CT molecular complexity index is 510. The van der Waals surface area contributed by atoms with Gasteiger partial charge in [-0.2, -0.15) is 4.98 Å². The van der Waals surface area contributed by atoms with E-state index in [9.17, 15) is 9.59 Å². The van der Waals surface area contributed by atoms with Crippen LogP contribution in [0.4, 0.5) is 0 Å². The van der Waals surface area contributed by atoms with Crippen LogP contribution in [0, 0.1) is 13.8 Å². The molecule has 0 radical (unpaired) electrons. The van der Waals surface area contributed by atoms with Crippen molar-refractivity contribution in [3.05, 3.63) is 27.4 Å². The van der Waals surface area contributed by atoms with E-state index in [1.165, 1.54) is 4.57 Å². The number of aryl methyl sites for hydroxylation is 1. The third-order valence-corrected chi connectivity index (χ3v) is 2.66. The summed E-state index contributed by atoms with van der Waals surface area (Å²) in [4.78, 5) is 26.6. The van der Waals surface area contributed by atoms with Crippen molar-refractivity contribution in [1.29, 1.82) is 0 Å². The van der Waals surface area contributed by atoms with E-state index in [4.69, 9.17) is 5.11 Å². The Kier molecular flexibility index (Phi) is 3.40. The van der Waals surface area contributed by atoms with Crippen molar-refractivity contribution < 1.29 is 9.90 Å². The van der Waals surface area contributed by atoms with Gasteiger partial charge in [0.15, 0.2) is 0 Å². The fourth-order valence-corrected chi connectivity index (χ4v) is 2.00. The van der Waals surface area contributed by atoms with E-state index in [2.05, 4.69) is 4.98 Å². The fraction of sp³-hybridized carbons (Fsp3) is 0.583. The summed E-state index contributed by atoms with van der Waals surface area (Å²) in [5.74, 6) is -0.919. The number of aromatic nitrogens is 2. The molecule has 94 valence electrons. The lowest BCUT2D eigenvalue weighted by Gasteiger charge is -2.26. The van der Waals surface area contributed by atoms with Gasteiger partial charge in [-0.1, -0.05) is 0 Å². The maximum atomic E-state index is 11.8. The molecule has 0 unspecified atom stereocenters. The number of carboxylic acid groups (broad SMARTS) is 1. The number of aliphatic carboxylic acids is 1. The molecule has 0 amide bonds. The molecular weight excluding hydrogens is 220 g/mol. The molecule has 5 heteroatoms. The van der Waals surface area contributed by atoms with Crippen LogP contribution in [0.5, 0.6) is 0 Å². The average Bonchev–Trinajstić information content (AvgIpc) is 2.08. The summed E-state index contributed by atoms with van der Waals surface area (Å²) in [7, 11) is 0. The van der Waals surface area contributed by atoms with E-state index >= 15 is 0 Å². The molecule has 17 heavy (non-hydrogen) atoms. The van der Waals surface area contributed by atoms with Crippen molar-refractivity contribution in [2.75, 3.05) is 0 Å². The molecule has 0 aliphatic carbocycles. The number of carboxylic acids is 1. The first-order chi connectivity index (χ1) is 7.64. The Balaban J connectivity index is 3.54. The summed E-state index contributed by atoms with van der Waals surface area (Å²) in [6.07, 6.45) is -0.110. The molecule has 1 heterocycles. The largest absolute Gasteiger partial charge is 0.481 e. The first kappa shape index (κ1) is 13.4. The molecule has 0 aliphatic heterocycles. The molecule has 1 rings (SSSR count). The Morgan fingerprint density at radius 1 is 1.35 bits per heavy atom. The van der Waals surface area contributed by atoms with Crippen LogP contribution < -0.4 is 5.69 Å². The van der Waals surface area contributed by atoms with Crippen molar-refractivity contribution in [2.45, 2.75) is 46.6 Å². The van der Waals surface area contributed by atoms with Gasteiger partial charge >= 0.3 is 11.7 Å². The van der Waals surface area contributed by atoms with E-state index in [-0.39, 0.29) is 12.1 Å². The number of rotatable bonds is 2. The highest BCUT2D eigenvalue weighted by atomic mass is 16.4. The molecule has 0 saturated heterocycles. The fourth-order valence-electron chi connectivity index (χ4n) is 2.00. The van der Waals surface area contributed by atoms with Crippen molar-refractivity contribution >= 4 is 5.97 Å². The van der Waals surface area contributed by atoms with E-state index in [1.54, 1.807) is 13.8 Å². The van der Waals surface area contributed by atoms with E-state index in [1.807, 2.05) is 20.8 Å². The molecule has 0 atom stereocenters. The predicted molar refractivity (Wildman–Crippen MR) is 64.3 cm³/mol. The van der Waals surface area contributed by atoms with E-state index in [0.29, 0.717) is 17.0 Å². The smallest absolute Gasteiger partial charge is 0.348 e. The van der Waals surface area contributed by atoms with Crippen molar-refractivity contribution in [1.82, 2.24) is 9.55 Å². The molecule has 0 aromatic carbocycles. The van der Waals surface area contributed by atoms with Gasteiger partial charge < -0.3 is 5.11 Å². The maximum Gasteiger partial charge on any atom is 0.348 e. The van der Waals surface area contributed by atoms with Crippen LogP contribution in [0.15, 0.2) is 4.79 Å². The van der Waals surface area contributed by atoms with Crippen molar-refractivity contribution in [3.63, 3.8) is 0 Å². The Labute approximate surface area is 100 Å². The number of hydrogen-bond donors (Lipinski definition) is 1. The lowest BCUT2D eigenvalue weighted by molar-refractivity contribution is -0.136. The van der Waals surface area contributed by atoms with Crippen molar-refractivity contribution in [3.8, 4) is 0 Å². The minimum atomic E-state index is -0.919. The molecule has 0 bridgehead atoms. The summed E-state index contributed by atoms with van der Waals surface area (Å²) in [5.41, 5.74) is 1.05. The second-order valence-electron chi connectivity index (χ2n) is 5.12. The van der Waals surface area contributed by atoms with Gasteiger partial charge in [-0.3, -0.25) is 9.36 Å². The minimum Gasteiger partial charge on any atom is -0.481 e. The molecule has 1 N–H and O–H groups in total. The van der Waals surface area contributed by atoms with Crippen LogP contribution in [-0.2, 0) is 16.8 Å². The SMILES string of the molecule is Cc1nc(=O)n(C(C)(C)C)c(C)c1CC(=O)O. The third kappa shape index (κ3) is 2.72. The van der Waals surface area contributed by atoms with E-state index < -0.39 is 11.5 Å². The van der Waals surface area contributed by atoms with Crippen LogP contribution in [0.1, 0.15) is 37.7 Å². The highest BCUT2D eigenvalue weighted by molar-refractivity contribution is 5.70. The Morgan fingerprint density at radius 2 is 1.88 bits per heavy atom. The summed E-state index contributed by atoms with van der Waals surface area (Å²) < 4.78 is 1.54. The topological polar surface area (TPSA) is 72.2 Å². The molecule has 0 spiro atoms. The number of hydrogen-bond acceptors (Lipinski definition) is 3. The van der Waals surface area contributed by atoms with Crippen LogP contribution >= 0.6 is 0 Å². The number of nitrogens with zero attached hydrogens (tertiary/aromatic N) is 2. The Hall–Kier alpha value is -1.65. The monoisotopic (exact) mass is 238 g/mol. The molecule has 0 saturated carbocycles. The molecular formula is C12H18N2O3. The highest BCUT2D eigenvalue weighted by Crippen LogP contribution is 2.18. The highest BCUT2D eigenvalue weighted by Gasteiger charge is 2.21. The van der Waals surface area contributed by atoms with Gasteiger partial charge in [-0.15, -0.1) is 0 Å².